The van der Waals surface area contributed by atoms with Gasteiger partial charge in [-0.25, -0.2) is 13.1 Å². The molecule has 0 bridgehead atoms. The van der Waals surface area contributed by atoms with Crippen molar-refractivity contribution in [3.63, 3.8) is 0 Å². The van der Waals surface area contributed by atoms with E-state index in [0.717, 1.165) is 5.69 Å². The highest BCUT2D eigenvalue weighted by atomic mass is 32.2. The fourth-order valence-electron chi connectivity index (χ4n) is 1.61. The Labute approximate surface area is 110 Å². The molecule has 2 aromatic rings. The van der Waals surface area contributed by atoms with E-state index in [0.29, 0.717) is 17.9 Å². The summed E-state index contributed by atoms with van der Waals surface area (Å²) in [5, 5.41) is 12.9. The van der Waals surface area contributed by atoms with E-state index in [2.05, 4.69) is 25.4 Å². The van der Waals surface area contributed by atoms with Crippen molar-refractivity contribution in [1.29, 1.82) is 0 Å². The summed E-state index contributed by atoms with van der Waals surface area (Å²) in [4.78, 5) is 0. The van der Waals surface area contributed by atoms with Gasteiger partial charge in [0.15, 0.2) is 10.8 Å². The molecule has 2 aromatic heterocycles. The molecule has 3 N–H and O–H groups in total. The summed E-state index contributed by atoms with van der Waals surface area (Å²) in [6, 6.07) is 1.59. The van der Waals surface area contributed by atoms with Gasteiger partial charge in [0.1, 0.15) is 0 Å². The predicted molar refractivity (Wildman–Crippen MR) is 66.6 cm³/mol. The summed E-state index contributed by atoms with van der Waals surface area (Å²) in [5.74, 6) is 0.436. The summed E-state index contributed by atoms with van der Waals surface area (Å²) >= 11 is 0. The summed E-state index contributed by atoms with van der Waals surface area (Å²) in [5.41, 5.74) is 1.34. The van der Waals surface area contributed by atoms with E-state index in [-0.39, 0.29) is 11.6 Å². The Balaban J connectivity index is 2.19. The lowest BCUT2D eigenvalue weighted by Gasteiger charge is -2.05. The first-order chi connectivity index (χ1) is 9.04. The molecule has 2 heterocycles. The second kappa shape index (κ2) is 5.51. The molecular weight excluding hydrogens is 270 g/mol. The predicted octanol–water partition coefficient (Wildman–Crippen LogP) is -0.0960. The Bertz CT molecular complexity index is 632. The van der Waals surface area contributed by atoms with Crippen molar-refractivity contribution in [2.75, 3.05) is 7.05 Å². The van der Waals surface area contributed by atoms with Crippen LogP contribution in [0.3, 0.4) is 0 Å². The van der Waals surface area contributed by atoms with Gasteiger partial charge in [0.2, 0.25) is 0 Å². The van der Waals surface area contributed by atoms with Gasteiger partial charge in [-0.1, -0.05) is 5.16 Å². The Morgan fingerprint density at radius 2 is 2.21 bits per heavy atom. The van der Waals surface area contributed by atoms with Crippen LogP contribution < -0.4 is 10.0 Å². The molecule has 0 aliphatic rings. The highest BCUT2D eigenvalue weighted by molar-refractivity contribution is 7.89. The van der Waals surface area contributed by atoms with Gasteiger partial charge in [0.05, 0.1) is 12.7 Å². The van der Waals surface area contributed by atoms with E-state index in [1.165, 1.54) is 6.20 Å². The minimum Gasteiger partial charge on any atom is -0.360 e. The lowest BCUT2D eigenvalue weighted by Crippen LogP contribution is -2.25. The number of rotatable bonds is 6. The summed E-state index contributed by atoms with van der Waals surface area (Å²) in [7, 11) is -1.95. The molecule has 19 heavy (non-hydrogen) atoms. The molecule has 0 radical (unpaired) electrons. The molecule has 0 aliphatic heterocycles. The van der Waals surface area contributed by atoms with Crippen LogP contribution in [0.15, 0.2) is 21.8 Å². The quantitative estimate of drug-likeness (QED) is 0.683. The third kappa shape index (κ3) is 3.00. The van der Waals surface area contributed by atoms with Gasteiger partial charge < -0.3 is 9.84 Å². The number of sulfonamides is 1. The van der Waals surface area contributed by atoms with E-state index in [1.807, 2.05) is 0 Å². The van der Waals surface area contributed by atoms with Crippen LogP contribution in [0.5, 0.6) is 0 Å². The van der Waals surface area contributed by atoms with Crippen LogP contribution in [0.4, 0.5) is 0 Å². The molecular formula is C10H15N5O3S. The molecule has 0 aromatic carbocycles. The lowest BCUT2D eigenvalue weighted by atomic mass is 10.3. The smallest absolute Gasteiger partial charge is 0.260 e. The van der Waals surface area contributed by atoms with Crippen molar-refractivity contribution >= 4 is 10.0 Å². The molecule has 0 atom stereocenters. The molecule has 8 nitrogen and oxygen atoms in total. The monoisotopic (exact) mass is 285 g/mol. The van der Waals surface area contributed by atoms with Gasteiger partial charge in [0, 0.05) is 23.9 Å². The summed E-state index contributed by atoms with van der Waals surface area (Å²) in [6.07, 6.45) is 1.45. The van der Waals surface area contributed by atoms with Crippen molar-refractivity contribution < 1.29 is 12.9 Å². The zero-order valence-electron chi connectivity index (χ0n) is 10.6. The fourth-order valence-corrected chi connectivity index (χ4v) is 2.79. The van der Waals surface area contributed by atoms with Crippen molar-refractivity contribution in [3.05, 3.63) is 29.3 Å². The summed E-state index contributed by atoms with van der Waals surface area (Å²) < 4.78 is 31.6. The Morgan fingerprint density at radius 1 is 1.42 bits per heavy atom. The Kier molecular flexibility index (Phi) is 3.98. The van der Waals surface area contributed by atoms with Crippen LogP contribution in [0, 0.1) is 6.92 Å². The number of nitrogens with one attached hydrogen (secondary N) is 3. The normalized spacial score (nSPS) is 11.9. The number of aromatic amines is 1. The second-order valence-electron chi connectivity index (χ2n) is 3.97. The average molecular weight is 285 g/mol. The average Bonchev–Trinajstić information content (AvgIpc) is 2.99. The topological polar surface area (TPSA) is 113 Å². The molecule has 0 aliphatic carbocycles. The maximum absolute atomic E-state index is 12.2. The van der Waals surface area contributed by atoms with E-state index >= 15 is 0 Å². The maximum Gasteiger partial charge on any atom is 0.260 e. The van der Waals surface area contributed by atoms with Crippen molar-refractivity contribution in [2.45, 2.75) is 25.0 Å². The number of H-pyrrole nitrogens is 1. The molecule has 9 heteroatoms. The zero-order valence-corrected chi connectivity index (χ0v) is 11.4. The number of nitrogens with zero attached hydrogens (tertiary/aromatic N) is 2. The van der Waals surface area contributed by atoms with Gasteiger partial charge in [0.25, 0.3) is 10.0 Å². The van der Waals surface area contributed by atoms with Crippen molar-refractivity contribution in [2.24, 2.45) is 0 Å². The first-order valence-electron chi connectivity index (χ1n) is 5.62. The Morgan fingerprint density at radius 3 is 2.84 bits per heavy atom. The van der Waals surface area contributed by atoms with E-state index in [4.69, 9.17) is 4.52 Å². The summed E-state index contributed by atoms with van der Waals surface area (Å²) in [6.45, 7) is 2.23. The van der Waals surface area contributed by atoms with Crippen molar-refractivity contribution in [3.8, 4) is 0 Å². The third-order valence-electron chi connectivity index (χ3n) is 2.57. The lowest BCUT2D eigenvalue weighted by molar-refractivity contribution is 0.380. The zero-order chi connectivity index (χ0) is 13.9. The maximum atomic E-state index is 12.2. The number of aryl methyl sites for hydroxylation is 1. The molecule has 0 saturated heterocycles. The first kappa shape index (κ1) is 13.7. The van der Waals surface area contributed by atoms with Crippen LogP contribution in [0.2, 0.25) is 0 Å². The van der Waals surface area contributed by atoms with E-state index in [9.17, 15) is 8.42 Å². The molecule has 0 amide bonds. The largest absolute Gasteiger partial charge is 0.360 e. The van der Waals surface area contributed by atoms with Crippen LogP contribution in [0.25, 0.3) is 0 Å². The van der Waals surface area contributed by atoms with Gasteiger partial charge in [-0.15, -0.1) is 0 Å². The second-order valence-corrected chi connectivity index (χ2v) is 5.65. The van der Waals surface area contributed by atoms with Crippen LogP contribution in [0.1, 0.15) is 17.0 Å². The fraction of sp³-hybridized carbons (Fsp3) is 0.400. The molecule has 104 valence electrons. The number of hydrogen-bond acceptors (Lipinski definition) is 6. The van der Waals surface area contributed by atoms with Gasteiger partial charge in [-0.2, -0.15) is 5.10 Å². The highest BCUT2D eigenvalue weighted by Gasteiger charge is 2.23. The standard InChI is InChI=1S/C10H15N5O3S/c1-7-9(6-11-2)10(15-14-7)19(16,17)13-5-8-3-4-12-18-8/h3-4,11,13H,5-6H2,1-2H3,(H,14,15). The van der Waals surface area contributed by atoms with E-state index in [1.54, 1.807) is 20.0 Å². The molecule has 0 saturated carbocycles. The first-order valence-corrected chi connectivity index (χ1v) is 7.10. The van der Waals surface area contributed by atoms with Crippen molar-refractivity contribution in [1.82, 2.24) is 25.4 Å². The van der Waals surface area contributed by atoms with Crippen LogP contribution >= 0.6 is 0 Å². The third-order valence-corrected chi connectivity index (χ3v) is 3.94. The van der Waals surface area contributed by atoms with Gasteiger partial charge >= 0.3 is 0 Å². The molecule has 0 spiro atoms. The Hall–Kier alpha value is -1.71. The molecule has 2 rings (SSSR count). The van der Waals surface area contributed by atoms with E-state index < -0.39 is 10.0 Å². The number of aromatic nitrogens is 3. The SMILES string of the molecule is CNCc1c(S(=O)(=O)NCc2ccno2)n[nH]c1C. The highest BCUT2D eigenvalue weighted by Crippen LogP contribution is 2.16. The van der Waals surface area contributed by atoms with Crippen LogP contribution in [-0.4, -0.2) is 30.8 Å². The number of hydrogen-bond donors (Lipinski definition) is 3. The molecule has 0 fully saturated rings. The van der Waals surface area contributed by atoms with Gasteiger partial charge in [-0.05, 0) is 14.0 Å². The minimum absolute atomic E-state index is 0.00105. The van der Waals surface area contributed by atoms with Gasteiger partial charge in [-0.3, -0.25) is 5.10 Å². The minimum atomic E-state index is -3.69. The molecule has 0 unspecified atom stereocenters. The van der Waals surface area contributed by atoms with Crippen LogP contribution in [-0.2, 0) is 23.1 Å².